The van der Waals surface area contributed by atoms with E-state index in [1.54, 1.807) is 20.2 Å². The minimum atomic E-state index is -1.48. The maximum absolute atomic E-state index is 14.4. The summed E-state index contributed by atoms with van der Waals surface area (Å²) in [6, 6.07) is 13.5. The lowest BCUT2D eigenvalue weighted by atomic mass is 9.83. The predicted octanol–water partition coefficient (Wildman–Crippen LogP) is 5.10. The van der Waals surface area contributed by atoms with Crippen molar-refractivity contribution in [3.63, 3.8) is 0 Å². The van der Waals surface area contributed by atoms with Crippen LogP contribution in [0.3, 0.4) is 0 Å². The molecule has 58 heavy (non-hydrogen) atoms. The Hall–Kier alpha value is -5.66. The zero-order valence-corrected chi connectivity index (χ0v) is 33.2. The average molecular weight is 795 g/mol. The fraction of sp³-hybridized carbons (Fsp3) is 0.500. The van der Waals surface area contributed by atoms with Crippen LogP contribution in [0.4, 0.5) is 4.79 Å². The Morgan fingerprint density at radius 2 is 1.74 bits per heavy atom. The first-order valence-corrected chi connectivity index (χ1v) is 20.6. The molecule has 2 saturated carbocycles. The number of nitrogens with zero attached hydrogens (tertiary/aromatic N) is 2. The molecule has 2 unspecified atom stereocenters. The summed E-state index contributed by atoms with van der Waals surface area (Å²) < 4.78 is 12.2. The fourth-order valence-electron chi connectivity index (χ4n) is 8.78. The second kappa shape index (κ2) is 17.9. The number of amides is 5. The number of nitrogens with one attached hydrogen (secondary N) is 4. The Balaban J connectivity index is 1.19. The molecule has 14 heteroatoms. The fourth-order valence-corrected chi connectivity index (χ4v) is 8.78. The van der Waals surface area contributed by atoms with Crippen LogP contribution in [0.2, 0.25) is 0 Å². The lowest BCUT2D eigenvalue weighted by molar-refractivity contribution is -0.144. The van der Waals surface area contributed by atoms with Crippen LogP contribution in [-0.4, -0.2) is 95.2 Å². The van der Waals surface area contributed by atoms with Gasteiger partial charge in [0.15, 0.2) is 0 Å². The Morgan fingerprint density at radius 1 is 0.983 bits per heavy atom. The van der Waals surface area contributed by atoms with Crippen molar-refractivity contribution in [2.45, 2.75) is 107 Å². The van der Waals surface area contributed by atoms with Gasteiger partial charge in [0.05, 0.1) is 24.9 Å². The molecular formula is C44H54N6O8. The van der Waals surface area contributed by atoms with Gasteiger partial charge in [-0.3, -0.25) is 14.4 Å². The quantitative estimate of drug-likeness (QED) is 0.184. The van der Waals surface area contributed by atoms with Crippen LogP contribution < -0.4 is 30.7 Å². The lowest BCUT2D eigenvalue weighted by Gasteiger charge is -2.32. The molecule has 14 nitrogen and oxygen atoms in total. The van der Waals surface area contributed by atoms with Crippen molar-refractivity contribution < 1.29 is 38.6 Å². The highest BCUT2D eigenvalue weighted by Crippen LogP contribution is 2.45. The highest BCUT2D eigenvalue weighted by molar-refractivity contribution is 5.96. The zero-order chi connectivity index (χ0) is 40.8. The van der Waals surface area contributed by atoms with Gasteiger partial charge < -0.3 is 40.7 Å². The Bertz CT molecular complexity index is 2040. The molecule has 7 rings (SSSR count). The summed E-state index contributed by atoms with van der Waals surface area (Å²) in [6.45, 7) is -0.0226. The normalized spacial score (nSPS) is 26.6. The lowest BCUT2D eigenvalue weighted by Crippen LogP contribution is -2.59. The molecular weight excluding hydrogens is 741 g/mol. The molecule has 1 aromatic heterocycles. The molecule has 2 aliphatic carbocycles. The number of carbonyl (C=O) groups excluding carboxylic acids is 4. The summed E-state index contributed by atoms with van der Waals surface area (Å²) >= 11 is 0. The molecule has 4 aliphatic rings. The third-order valence-electron chi connectivity index (χ3n) is 12.2. The van der Waals surface area contributed by atoms with E-state index in [2.05, 4.69) is 21.3 Å². The van der Waals surface area contributed by atoms with Gasteiger partial charge in [0, 0.05) is 42.5 Å². The van der Waals surface area contributed by atoms with Gasteiger partial charge >= 0.3 is 12.0 Å². The number of ether oxygens (including phenoxy) is 2. The number of allylic oxidation sites excluding steroid dienone is 1. The van der Waals surface area contributed by atoms with E-state index in [9.17, 15) is 29.1 Å². The van der Waals surface area contributed by atoms with Gasteiger partial charge in [0.25, 0.3) is 0 Å². The minimum Gasteiger partial charge on any atom is -0.497 e. The number of urea groups is 1. The molecule has 308 valence electrons. The highest BCUT2D eigenvalue weighted by atomic mass is 16.5. The van der Waals surface area contributed by atoms with E-state index in [1.165, 1.54) is 4.90 Å². The monoisotopic (exact) mass is 794 g/mol. The highest BCUT2D eigenvalue weighted by Gasteiger charge is 2.61. The molecule has 1 saturated heterocycles. The number of carboxylic acid groups (broad SMARTS) is 1. The molecule has 3 fully saturated rings. The summed E-state index contributed by atoms with van der Waals surface area (Å²) in [5.41, 5.74) is 0.670. The molecule has 2 aromatic carbocycles. The van der Waals surface area contributed by atoms with Crippen LogP contribution in [0.5, 0.6) is 11.5 Å². The van der Waals surface area contributed by atoms with E-state index in [-0.39, 0.29) is 37.1 Å². The van der Waals surface area contributed by atoms with E-state index in [1.807, 2.05) is 60.7 Å². The van der Waals surface area contributed by atoms with Crippen molar-refractivity contribution in [3.05, 3.63) is 66.7 Å². The van der Waals surface area contributed by atoms with E-state index in [4.69, 9.17) is 14.5 Å². The third-order valence-corrected chi connectivity index (χ3v) is 12.2. The Kier molecular flexibility index (Phi) is 12.5. The first-order valence-electron chi connectivity index (χ1n) is 20.6. The number of pyridine rings is 1. The van der Waals surface area contributed by atoms with Crippen LogP contribution in [0.15, 0.2) is 66.7 Å². The van der Waals surface area contributed by atoms with Gasteiger partial charge in [-0.1, -0.05) is 74.6 Å². The number of hydrogen-bond acceptors (Lipinski definition) is 8. The largest absolute Gasteiger partial charge is 0.497 e. The number of likely N-dealkylation sites (N-methyl/N-ethyl adjacent to an activating group) is 1. The summed E-state index contributed by atoms with van der Waals surface area (Å²) in [6.07, 6.45) is 11.4. The van der Waals surface area contributed by atoms with Crippen molar-refractivity contribution in [2.24, 2.45) is 11.8 Å². The SMILES string of the molecule is CNC(=O)[C@@H](NC(=O)[C@@H]1CCCCC/C=C\[C@@H]2CC2(C(=O)O)NC(=O)[C@@H]2CC(Oc3cc(-c4ccccc4)nc4cc(OC)ccc34)CN2C(=O)N1)C1CCCCC1. The van der Waals surface area contributed by atoms with Gasteiger partial charge in [-0.25, -0.2) is 14.6 Å². The molecule has 0 spiro atoms. The number of carboxylic acids is 1. The van der Waals surface area contributed by atoms with Crippen molar-refractivity contribution in [3.8, 4) is 22.8 Å². The van der Waals surface area contributed by atoms with E-state index >= 15 is 0 Å². The standard InChI is InChI=1S/C44H54N6O8/c1-45-41(53)38(28-16-10-7-11-17-28)48-39(51)33-19-13-5-3-4-12-18-29-25-44(29,42(54)55)49-40(52)36-23-31(26-50(36)43(56)47-33)58-37-24-34(27-14-8-6-9-15-27)46-35-22-30(57-2)20-21-32(35)37/h6,8-9,12,14-15,18,20-22,24,28-29,31,33,36,38H,3-5,7,10-11,13,16-17,19,23,25-26H2,1-2H3,(H,45,53)(H,47,56)(H,48,51)(H,49,52)(H,54,55)/b18-12-/t29-,31?,33+,36+,38+,44?/m1/s1. The second-order valence-electron chi connectivity index (χ2n) is 16.0. The summed E-state index contributed by atoms with van der Waals surface area (Å²) in [5, 5.41) is 22.4. The number of hydrogen-bond donors (Lipinski definition) is 5. The number of aromatic nitrogens is 1. The maximum atomic E-state index is 14.4. The van der Waals surface area contributed by atoms with E-state index < -0.39 is 53.6 Å². The van der Waals surface area contributed by atoms with Crippen molar-refractivity contribution >= 4 is 40.6 Å². The van der Waals surface area contributed by atoms with Crippen molar-refractivity contribution in [1.29, 1.82) is 0 Å². The van der Waals surface area contributed by atoms with Crippen LogP contribution in [0.1, 0.15) is 77.0 Å². The molecule has 5 amide bonds. The number of rotatable bonds is 9. The molecule has 3 heterocycles. The van der Waals surface area contributed by atoms with Crippen LogP contribution >= 0.6 is 0 Å². The van der Waals surface area contributed by atoms with Crippen molar-refractivity contribution in [1.82, 2.24) is 31.2 Å². The number of aliphatic carboxylic acids is 1. The summed E-state index contributed by atoms with van der Waals surface area (Å²) in [7, 11) is 3.13. The number of carbonyl (C=O) groups is 5. The summed E-state index contributed by atoms with van der Waals surface area (Å²) in [4.78, 5) is 74.7. The molecule has 3 aromatic rings. The maximum Gasteiger partial charge on any atom is 0.330 e. The van der Waals surface area contributed by atoms with Crippen LogP contribution in [0, 0.1) is 11.8 Å². The first-order chi connectivity index (χ1) is 28.1. The second-order valence-corrected chi connectivity index (χ2v) is 16.0. The van der Waals surface area contributed by atoms with Crippen molar-refractivity contribution in [2.75, 3.05) is 20.7 Å². The van der Waals surface area contributed by atoms with E-state index in [0.717, 1.165) is 50.5 Å². The molecule has 2 aliphatic heterocycles. The topological polar surface area (TPSA) is 188 Å². The smallest absolute Gasteiger partial charge is 0.330 e. The number of methoxy groups -OCH3 is 1. The van der Waals surface area contributed by atoms with Gasteiger partial charge in [-0.05, 0) is 56.6 Å². The molecule has 6 atom stereocenters. The average Bonchev–Trinajstić information content (AvgIpc) is 3.78. The molecule has 0 bridgehead atoms. The Labute approximate surface area is 338 Å². The Morgan fingerprint density at radius 3 is 2.48 bits per heavy atom. The van der Waals surface area contributed by atoms with Gasteiger partial charge in [0.1, 0.15) is 41.3 Å². The predicted molar refractivity (Wildman–Crippen MR) is 217 cm³/mol. The number of benzene rings is 2. The van der Waals surface area contributed by atoms with Crippen LogP contribution in [0.25, 0.3) is 22.2 Å². The van der Waals surface area contributed by atoms with Gasteiger partial charge in [0.2, 0.25) is 17.7 Å². The minimum absolute atomic E-state index is 0.0172. The van der Waals surface area contributed by atoms with E-state index in [0.29, 0.717) is 47.4 Å². The first kappa shape index (κ1) is 40.5. The third kappa shape index (κ3) is 8.90. The van der Waals surface area contributed by atoms with Gasteiger partial charge in [-0.15, -0.1) is 0 Å². The zero-order valence-electron chi connectivity index (χ0n) is 33.2. The summed E-state index contributed by atoms with van der Waals surface area (Å²) in [5.74, 6) is -1.76. The molecule has 0 radical (unpaired) electrons. The number of fused-ring (bicyclic) bond motifs is 3. The van der Waals surface area contributed by atoms with Gasteiger partial charge in [-0.2, -0.15) is 0 Å². The van der Waals surface area contributed by atoms with Crippen LogP contribution in [-0.2, 0) is 19.2 Å². The molecule has 5 N–H and O–H groups in total.